The van der Waals surface area contributed by atoms with Gasteiger partial charge in [-0.05, 0) is 24.3 Å². The number of anilines is 1. The van der Waals surface area contributed by atoms with Gasteiger partial charge in [-0.1, -0.05) is 0 Å². The summed E-state index contributed by atoms with van der Waals surface area (Å²) in [4.78, 5) is 2.55. The fourth-order valence-corrected chi connectivity index (χ4v) is 3.13. The lowest BCUT2D eigenvalue weighted by atomic mass is 10.3. The molecule has 0 saturated carbocycles. The minimum atomic E-state index is -4.60. The van der Waals surface area contributed by atoms with Crippen LogP contribution in [0.25, 0.3) is 5.69 Å². The van der Waals surface area contributed by atoms with E-state index in [0.717, 1.165) is 10.7 Å². The van der Waals surface area contributed by atoms with Crippen LogP contribution in [0.3, 0.4) is 0 Å². The van der Waals surface area contributed by atoms with E-state index in [1.54, 1.807) is 0 Å². The Balaban J connectivity index is 1.94. The Bertz CT molecular complexity index is 1040. The highest BCUT2D eigenvalue weighted by atomic mass is 32.2. The van der Waals surface area contributed by atoms with Crippen molar-refractivity contribution in [1.82, 2.24) is 14.8 Å². The van der Waals surface area contributed by atoms with Gasteiger partial charge in [-0.15, -0.1) is 0 Å². The zero-order valence-electron chi connectivity index (χ0n) is 12.1. The van der Waals surface area contributed by atoms with E-state index in [1.807, 2.05) is 4.72 Å². The number of hydrogen-bond acceptors (Lipinski definition) is 4. The molecule has 0 spiro atoms. The Morgan fingerprint density at radius 3 is 2.36 bits per heavy atom. The van der Waals surface area contributed by atoms with E-state index in [4.69, 9.17) is 0 Å². The lowest BCUT2D eigenvalue weighted by Crippen LogP contribution is -2.16. The van der Waals surface area contributed by atoms with Gasteiger partial charge in [-0.2, -0.15) is 5.10 Å². The summed E-state index contributed by atoms with van der Waals surface area (Å²) in [6, 6.07) is 4.27. The van der Waals surface area contributed by atoms with Gasteiger partial charge in [-0.25, -0.2) is 35.6 Å². The first-order valence-electron chi connectivity index (χ1n) is 6.60. The molecular formula is C14H8F4N4O2S. The third-order valence-electron chi connectivity index (χ3n) is 3.15. The van der Waals surface area contributed by atoms with Crippen LogP contribution in [-0.4, -0.2) is 23.2 Å². The van der Waals surface area contributed by atoms with Gasteiger partial charge < -0.3 is 0 Å². The average molecular weight is 372 g/mol. The van der Waals surface area contributed by atoms with Crippen molar-refractivity contribution in [3.8, 4) is 5.69 Å². The van der Waals surface area contributed by atoms with Crippen molar-refractivity contribution in [3.63, 3.8) is 0 Å². The Morgan fingerprint density at radius 1 is 0.960 bits per heavy atom. The quantitative estimate of drug-likeness (QED) is 0.564. The Hall–Kier alpha value is -2.95. The van der Waals surface area contributed by atoms with Crippen molar-refractivity contribution < 1.29 is 26.0 Å². The van der Waals surface area contributed by atoms with Gasteiger partial charge in [0.15, 0.2) is 23.3 Å². The van der Waals surface area contributed by atoms with Crippen LogP contribution in [-0.2, 0) is 10.0 Å². The monoisotopic (exact) mass is 372 g/mol. The van der Waals surface area contributed by atoms with Crippen LogP contribution in [0.2, 0.25) is 0 Å². The maximum atomic E-state index is 14.1. The van der Waals surface area contributed by atoms with Gasteiger partial charge in [-0.3, -0.25) is 4.72 Å². The molecule has 0 bridgehead atoms. The van der Waals surface area contributed by atoms with E-state index in [2.05, 4.69) is 10.1 Å². The number of nitrogens with zero attached hydrogens (tertiary/aromatic N) is 3. The van der Waals surface area contributed by atoms with Crippen LogP contribution in [0, 0.1) is 23.3 Å². The third kappa shape index (κ3) is 3.18. The highest BCUT2D eigenvalue weighted by Crippen LogP contribution is 2.24. The van der Waals surface area contributed by atoms with E-state index >= 15 is 0 Å². The lowest BCUT2D eigenvalue weighted by Gasteiger charge is -2.11. The first-order chi connectivity index (χ1) is 11.8. The molecule has 11 heteroatoms. The van der Waals surface area contributed by atoms with Crippen molar-refractivity contribution in [2.75, 3.05) is 4.72 Å². The summed E-state index contributed by atoms with van der Waals surface area (Å²) in [7, 11) is -4.60. The number of benzene rings is 2. The molecule has 0 radical (unpaired) electrons. The van der Waals surface area contributed by atoms with Crippen LogP contribution in [0.1, 0.15) is 0 Å². The molecule has 2 aromatic carbocycles. The van der Waals surface area contributed by atoms with Crippen molar-refractivity contribution in [1.29, 1.82) is 0 Å². The molecular weight excluding hydrogens is 364 g/mol. The Labute approximate surface area is 138 Å². The molecule has 0 aliphatic carbocycles. The first kappa shape index (κ1) is 16.9. The number of rotatable bonds is 4. The summed E-state index contributed by atoms with van der Waals surface area (Å²) in [6.45, 7) is 0. The second-order valence-corrected chi connectivity index (χ2v) is 6.44. The third-order valence-corrected chi connectivity index (χ3v) is 4.55. The summed E-state index contributed by atoms with van der Waals surface area (Å²) in [5.74, 6) is -6.15. The first-order valence-corrected chi connectivity index (χ1v) is 8.09. The predicted octanol–water partition coefficient (Wildman–Crippen LogP) is 2.62. The SMILES string of the molecule is O=S(=O)(Nc1ccc(-n2cncn2)c(F)c1)c1ccc(F)c(F)c1F. The zero-order chi connectivity index (χ0) is 18.2. The molecule has 3 rings (SSSR count). The minimum Gasteiger partial charge on any atom is -0.279 e. The van der Waals surface area contributed by atoms with E-state index in [-0.39, 0.29) is 11.4 Å². The molecule has 1 aromatic heterocycles. The highest BCUT2D eigenvalue weighted by molar-refractivity contribution is 7.92. The molecule has 1 heterocycles. The Morgan fingerprint density at radius 2 is 1.72 bits per heavy atom. The topological polar surface area (TPSA) is 76.9 Å². The molecule has 6 nitrogen and oxygen atoms in total. The molecule has 0 unspecified atom stereocenters. The van der Waals surface area contributed by atoms with Crippen LogP contribution >= 0.6 is 0 Å². The summed E-state index contributed by atoms with van der Waals surface area (Å²) >= 11 is 0. The summed E-state index contributed by atoms with van der Waals surface area (Å²) in [5, 5.41) is 3.73. The maximum Gasteiger partial charge on any atom is 0.264 e. The van der Waals surface area contributed by atoms with Crippen LogP contribution < -0.4 is 4.72 Å². The van der Waals surface area contributed by atoms with Gasteiger partial charge in [0.25, 0.3) is 10.0 Å². The number of hydrogen-bond donors (Lipinski definition) is 1. The van der Waals surface area contributed by atoms with Crippen LogP contribution in [0.15, 0.2) is 47.9 Å². The molecule has 0 saturated heterocycles. The van der Waals surface area contributed by atoms with E-state index in [1.165, 1.54) is 24.8 Å². The van der Waals surface area contributed by atoms with E-state index in [9.17, 15) is 26.0 Å². The van der Waals surface area contributed by atoms with Crippen molar-refractivity contribution in [3.05, 3.63) is 66.3 Å². The summed E-state index contributed by atoms with van der Waals surface area (Å²) < 4.78 is 81.1. The average Bonchev–Trinajstić information content (AvgIpc) is 3.06. The molecule has 0 amide bonds. The zero-order valence-corrected chi connectivity index (χ0v) is 12.9. The highest BCUT2D eigenvalue weighted by Gasteiger charge is 2.24. The van der Waals surface area contributed by atoms with Gasteiger partial charge >= 0.3 is 0 Å². The molecule has 0 aliphatic heterocycles. The van der Waals surface area contributed by atoms with E-state index < -0.39 is 38.2 Å². The smallest absolute Gasteiger partial charge is 0.264 e. The molecule has 3 aromatic rings. The van der Waals surface area contributed by atoms with Gasteiger partial charge in [0.05, 0.1) is 5.69 Å². The summed E-state index contributed by atoms with van der Waals surface area (Å²) in [6.07, 6.45) is 2.42. The molecule has 0 atom stereocenters. The molecule has 0 fully saturated rings. The van der Waals surface area contributed by atoms with Crippen molar-refractivity contribution in [2.24, 2.45) is 0 Å². The Kier molecular flexibility index (Phi) is 4.17. The fourth-order valence-electron chi connectivity index (χ4n) is 2.01. The van der Waals surface area contributed by atoms with E-state index in [0.29, 0.717) is 12.1 Å². The molecule has 130 valence electrons. The van der Waals surface area contributed by atoms with Crippen LogP contribution in [0.5, 0.6) is 0 Å². The van der Waals surface area contributed by atoms with Crippen molar-refractivity contribution >= 4 is 15.7 Å². The molecule has 1 N–H and O–H groups in total. The maximum absolute atomic E-state index is 14.1. The summed E-state index contributed by atoms with van der Waals surface area (Å²) in [5.41, 5.74) is -0.245. The normalized spacial score (nSPS) is 11.5. The van der Waals surface area contributed by atoms with Gasteiger partial charge in [0, 0.05) is 6.07 Å². The number of halogens is 4. The second kappa shape index (κ2) is 6.16. The van der Waals surface area contributed by atoms with Gasteiger partial charge in [0.2, 0.25) is 0 Å². The molecule has 25 heavy (non-hydrogen) atoms. The minimum absolute atomic E-state index is 0.000504. The standard InChI is InChI=1S/C14H8F4N4O2S/c15-9-2-4-12(14(18)13(9)17)25(23,24)21-8-1-3-11(10(16)5-8)22-7-19-6-20-22/h1-7,21H. The fraction of sp³-hybridized carbons (Fsp3) is 0. The number of aromatic nitrogens is 3. The van der Waals surface area contributed by atoms with Gasteiger partial charge in [0.1, 0.15) is 23.2 Å². The lowest BCUT2D eigenvalue weighted by molar-refractivity contribution is 0.432. The number of nitrogens with one attached hydrogen (secondary N) is 1. The van der Waals surface area contributed by atoms with Crippen LogP contribution in [0.4, 0.5) is 23.2 Å². The number of sulfonamides is 1. The largest absolute Gasteiger partial charge is 0.279 e. The van der Waals surface area contributed by atoms with Crippen molar-refractivity contribution in [2.45, 2.75) is 4.90 Å². The second-order valence-electron chi connectivity index (χ2n) is 4.79. The predicted molar refractivity (Wildman–Crippen MR) is 78.4 cm³/mol. The molecule has 0 aliphatic rings.